The monoisotopic (exact) mass is 1160 g/mol. The molecule has 0 unspecified atom stereocenters. The van der Waals surface area contributed by atoms with Crippen LogP contribution in [0.5, 0.6) is 5.75 Å². The number of aromatic hydroxyl groups is 1. The average Bonchev–Trinajstić information content (AvgIpc) is 4.02. The van der Waals surface area contributed by atoms with Gasteiger partial charge in [-0.2, -0.15) is 0 Å². The molecule has 1 heterocycles. The van der Waals surface area contributed by atoms with Crippen LogP contribution < -0.4 is 54.4 Å². The van der Waals surface area contributed by atoms with Gasteiger partial charge in [0, 0.05) is 32.4 Å². The van der Waals surface area contributed by atoms with Crippen LogP contribution in [-0.4, -0.2) is 175 Å². The third-order valence-corrected chi connectivity index (χ3v) is 13.0. The SMILES string of the molecule is CC(C)C[C@H](NC(=O)[C@H](CCCN=C(N)N)NC(=O)[C@@H]1CCCN1C(=O)[C@H](CC(C)C)NC(=O)[C@H](CCC(=O)O)NC(=O)[C@H](CCC(=O)O)NC(=O)[C@H](CCC(=O)O)NC(=O)[C@H](CC(C)C)NC(=O)[C@@H](N)Cc1ccc(O)cc1)C(=O)O. The highest BCUT2D eigenvalue weighted by Crippen LogP contribution is 2.22. The maximum Gasteiger partial charge on any atom is 0.326 e. The molecule has 1 aliphatic rings. The summed E-state index contributed by atoms with van der Waals surface area (Å²) < 4.78 is 0. The second-order valence-electron chi connectivity index (χ2n) is 21.6. The van der Waals surface area contributed by atoms with Crippen LogP contribution in [0.25, 0.3) is 0 Å². The predicted molar refractivity (Wildman–Crippen MR) is 295 cm³/mol. The smallest absolute Gasteiger partial charge is 0.326 e. The van der Waals surface area contributed by atoms with E-state index in [1.165, 1.54) is 17.0 Å². The number of benzene rings is 1. The molecule has 1 fully saturated rings. The lowest BCUT2D eigenvalue weighted by molar-refractivity contribution is -0.144. The number of nitrogens with two attached hydrogens (primary N) is 3. The molecule has 82 heavy (non-hydrogen) atoms. The van der Waals surface area contributed by atoms with Gasteiger partial charge in [-0.1, -0.05) is 53.7 Å². The Hall–Kier alpha value is -8.11. The fourth-order valence-corrected chi connectivity index (χ4v) is 8.86. The number of guanidine groups is 1. The molecule has 0 radical (unpaired) electrons. The number of carboxylic acids is 4. The van der Waals surface area contributed by atoms with E-state index in [2.05, 4.69) is 42.2 Å². The van der Waals surface area contributed by atoms with Crippen molar-refractivity contribution in [2.24, 2.45) is 39.9 Å². The van der Waals surface area contributed by atoms with Crippen molar-refractivity contribution < 1.29 is 83.1 Å². The molecule has 2 rings (SSSR count). The molecule has 458 valence electrons. The number of amides is 8. The summed E-state index contributed by atoms with van der Waals surface area (Å²) in [4.78, 5) is 164. The van der Waals surface area contributed by atoms with Crippen molar-refractivity contribution in [2.75, 3.05) is 13.1 Å². The van der Waals surface area contributed by atoms with Gasteiger partial charge in [-0.3, -0.25) is 57.7 Å². The lowest BCUT2D eigenvalue weighted by atomic mass is 10.00. The Labute approximate surface area is 475 Å². The topological polar surface area (TPSA) is 484 Å². The molecule has 1 aromatic rings. The van der Waals surface area contributed by atoms with Gasteiger partial charge in [0.1, 0.15) is 54.1 Å². The van der Waals surface area contributed by atoms with Crippen LogP contribution in [0.4, 0.5) is 0 Å². The largest absolute Gasteiger partial charge is 0.508 e. The van der Waals surface area contributed by atoms with E-state index in [1.54, 1.807) is 53.7 Å². The van der Waals surface area contributed by atoms with E-state index < -0.39 is 164 Å². The number of hydrogen-bond acceptors (Lipinski definition) is 15. The van der Waals surface area contributed by atoms with Crippen molar-refractivity contribution >= 4 is 77.1 Å². The zero-order chi connectivity index (χ0) is 62.0. The van der Waals surface area contributed by atoms with Crippen LogP contribution in [0.15, 0.2) is 29.3 Å². The number of phenols is 1. The van der Waals surface area contributed by atoms with Gasteiger partial charge in [0.05, 0.1) is 6.04 Å². The molecule has 0 bridgehead atoms. The van der Waals surface area contributed by atoms with Gasteiger partial charge in [0.15, 0.2) is 5.96 Å². The minimum atomic E-state index is -1.82. The van der Waals surface area contributed by atoms with Gasteiger partial charge in [0.25, 0.3) is 0 Å². The minimum Gasteiger partial charge on any atom is -0.508 e. The summed E-state index contributed by atoms with van der Waals surface area (Å²) in [7, 11) is 0. The van der Waals surface area contributed by atoms with Crippen molar-refractivity contribution in [2.45, 2.75) is 186 Å². The van der Waals surface area contributed by atoms with Crippen LogP contribution in [0.1, 0.15) is 131 Å². The Kier molecular flexibility index (Phi) is 29.8. The first-order valence-electron chi connectivity index (χ1n) is 27.3. The van der Waals surface area contributed by atoms with Crippen molar-refractivity contribution in [3.05, 3.63) is 29.8 Å². The lowest BCUT2D eigenvalue weighted by Gasteiger charge is -2.31. The second kappa shape index (κ2) is 34.9. The minimum absolute atomic E-state index is 0.00951. The average molecular weight is 1160 g/mol. The molecule has 1 aromatic carbocycles. The Morgan fingerprint density at radius 3 is 1.37 bits per heavy atom. The summed E-state index contributed by atoms with van der Waals surface area (Å²) >= 11 is 0. The Balaban J connectivity index is 2.44. The number of nitrogens with one attached hydrogen (secondary N) is 7. The number of aliphatic imine (C=N–C) groups is 1. The number of aliphatic carboxylic acids is 4. The Morgan fingerprint density at radius 1 is 0.549 bits per heavy atom. The first kappa shape index (κ1) is 70.0. The first-order valence-corrected chi connectivity index (χ1v) is 27.3. The zero-order valence-corrected chi connectivity index (χ0v) is 47.3. The Bertz CT molecular complexity index is 2420. The summed E-state index contributed by atoms with van der Waals surface area (Å²) in [6.45, 7) is 10.5. The number of hydrogen-bond donors (Lipinski definition) is 15. The molecule has 1 saturated heterocycles. The molecule has 8 amide bonds. The fourth-order valence-electron chi connectivity index (χ4n) is 8.86. The highest BCUT2D eigenvalue weighted by atomic mass is 16.4. The van der Waals surface area contributed by atoms with E-state index in [0.717, 1.165) is 0 Å². The van der Waals surface area contributed by atoms with Gasteiger partial charge in [0.2, 0.25) is 47.3 Å². The normalized spacial score (nSPS) is 16.0. The van der Waals surface area contributed by atoms with Crippen LogP contribution in [0.2, 0.25) is 0 Å². The quantitative estimate of drug-likeness (QED) is 0.0205. The number of carbonyl (C=O) groups excluding carboxylic acids is 8. The summed E-state index contributed by atoms with van der Waals surface area (Å²) in [6, 6.07) is -7.10. The summed E-state index contributed by atoms with van der Waals surface area (Å²) in [5.74, 6) is -13.9. The number of carbonyl (C=O) groups is 12. The molecular formula is C53H84N12O17. The third kappa shape index (κ3) is 26.0. The van der Waals surface area contributed by atoms with E-state index in [9.17, 15) is 83.1 Å². The van der Waals surface area contributed by atoms with Crippen LogP contribution >= 0.6 is 0 Å². The summed E-state index contributed by atoms with van der Waals surface area (Å²) in [5, 5.41) is 65.6. The van der Waals surface area contributed by atoms with Gasteiger partial charge < -0.3 is 84.9 Å². The predicted octanol–water partition coefficient (Wildman–Crippen LogP) is -1.48. The van der Waals surface area contributed by atoms with Crippen molar-refractivity contribution in [1.82, 2.24) is 42.1 Å². The number of nitrogens with zero attached hydrogens (tertiary/aromatic N) is 2. The molecule has 9 atom stereocenters. The van der Waals surface area contributed by atoms with Gasteiger partial charge in [-0.05, 0) is 106 Å². The fraction of sp³-hybridized carbons (Fsp3) is 0.642. The molecule has 0 spiro atoms. The summed E-state index contributed by atoms with van der Waals surface area (Å²) in [6.07, 6.45) is -3.40. The maximum absolute atomic E-state index is 14.5. The van der Waals surface area contributed by atoms with Gasteiger partial charge in [-0.25, -0.2) is 4.79 Å². The van der Waals surface area contributed by atoms with Crippen LogP contribution in [0.3, 0.4) is 0 Å². The molecule has 29 heteroatoms. The Morgan fingerprint density at radius 2 is 0.939 bits per heavy atom. The molecule has 0 saturated carbocycles. The summed E-state index contributed by atoms with van der Waals surface area (Å²) in [5.41, 5.74) is 17.6. The van der Waals surface area contributed by atoms with Gasteiger partial charge in [-0.15, -0.1) is 0 Å². The standard InChI is InChI=1S/C53H84N12O17/c1-27(2)23-37(62-44(73)32(54)26-30-11-13-31(66)14-12-30)49(78)60-35(16-19-42(69)70)47(76)58-34(15-18-41(67)68)46(75)59-36(17-20-43(71)72)48(77)63-38(24-28(3)4)51(80)65-22-8-10-40(65)50(79)61-33(9-7-21-57-53(55)56)45(74)64-39(52(81)82)25-29(5)6/h11-14,27-29,32-40,66H,7-10,15-26,54H2,1-6H3,(H,58,76)(H,59,75)(H,60,78)(H,61,79)(H,62,73)(H,63,77)(H,64,74)(H,67,68)(H,69,70)(H,71,72)(H,81,82)(H4,55,56,57)/t32-,33-,34-,35-,36-,37-,38-,39-,40-/m0/s1. The van der Waals surface area contributed by atoms with E-state index in [-0.39, 0.29) is 87.5 Å². The van der Waals surface area contributed by atoms with Gasteiger partial charge >= 0.3 is 23.9 Å². The highest BCUT2D eigenvalue weighted by molar-refractivity contribution is 5.98. The number of phenolic OH excluding ortho intramolecular Hbond substituents is 1. The third-order valence-electron chi connectivity index (χ3n) is 13.0. The van der Waals surface area contributed by atoms with E-state index in [4.69, 9.17) is 17.2 Å². The second-order valence-corrected chi connectivity index (χ2v) is 21.6. The van der Waals surface area contributed by atoms with E-state index in [1.807, 2.05) is 0 Å². The van der Waals surface area contributed by atoms with E-state index in [0.29, 0.717) is 12.0 Å². The highest BCUT2D eigenvalue weighted by Gasteiger charge is 2.41. The number of rotatable bonds is 37. The first-order chi connectivity index (χ1) is 38.4. The lowest BCUT2D eigenvalue weighted by Crippen LogP contribution is -2.60. The number of likely N-dealkylation sites (tertiary alicyclic amines) is 1. The van der Waals surface area contributed by atoms with Crippen LogP contribution in [-0.2, 0) is 64.0 Å². The molecular weight excluding hydrogens is 1080 g/mol. The van der Waals surface area contributed by atoms with Crippen molar-refractivity contribution in [1.29, 1.82) is 0 Å². The number of carboxylic acid groups (broad SMARTS) is 4. The zero-order valence-electron chi connectivity index (χ0n) is 47.3. The molecule has 18 N–H and O–H groups in total. The van der Waals surface area contributed by atoms with Crippen molar-refractivity contribution in [3.63, 3.8) is 0 Å². The molecule has 29 nitrogen and oxygen atoms in total. The van der Waals surface area contributed by atoms with E-state index >= 15 is 0 Å². The molecule has 1 aliphatic heterocycles. The maximum atomic E-state index is 14.5. The molecule has 0 aromatic heterocycles. The van der Waals surface area contributed by atoms with Crippen LogP contribution in [0, 0.1) is 17.8 Å². The molecule has 0 aliphatic carbocycles. The van der Waals surface area contributed by atoms with Crippen molar-refractivity contribution in [3.8, 4) is 5.75 Å².